The molecule has 1 amide bonds. The molecule has 0 aliphatic carbocycles. The number of carboxylic acids is 1. The van der Waals surface area contributed by atoms with Crippen LogP contribution >= 0.6 is 63.7 Å². The zero-order valence-electron chi connectivity index (χ0n) is 31.0. The number of rotatable bonds is 5. The van der Waals surface area contributed by atoms with Crippen molar-refractivity contribution in [3.63, 3.8) is 0 Å². The first-order chi connectivity index (χ1) is 27.9. The number of anilines is 3. The minimum absolute atomic E-state index is 0.0881. The number of hydrogen-bond donors (Lipinski definition) is 2. The molecule has 3 aliphatic heterocycles. The minimum Gasteiger partial charge on any atom is -0.476 e. The molecule has 0 bridgehead atoms. The van der Waals surface area contributed by atoms with Gasteiger partial charge in [-0.05, 0) is 88.0 Å². The summed E-state index contributed by atoms with van der Waals surface area (Å²) in [6.45, 7) is 8.58. The van der Waals surface area contributed by atoms with Crippen molar-refractivity contribution in [1.29, 1.82) is 10.5 Å². The quantitative estimate of drug-likeness (QED) is 0.242. The molecule has 0 unspecified atom stereocenters. The van der Waals surface area contributed by atoms with Crippen LogP contribution in [0.4, 0.5) is 21.5 Å². The van der Waals surface area contributed by atoms with Crippen molar-refractivity contribution in [2.24, 2.45) is 0 Å². The van der Waals surface area contributed by atoms with Gasteiger partial charge in [0.25, 0.3) is 5.91 Å². The summed E-state index contributed by atoms with van der Waals surface area (Å²) in [5.74, 6) is -1.77. The Morgan fingerprint density at radius 2 is 1.00 bits per heavy atom. The fraction of sp³-hybridized carbons (Fsp3) is 0.351. The number of nitriles is 2. The predicted octanol–water partition coefficient (Wildman–Crippen LogP) is 5.83. The molecule has 3 fully saturated rings. The Kier molecular flexibility index (Phi) is 19.1. The second-order valence-corrected chi connectivity index (χ2v) is 15.6. The SMILES string of the molecule is CNC(=O)c1ncc(Br)cc1N1CCOCC1.N#Cc1ncc(Br)cc1F.N#Cc1ncc(Br)cc1N1CCOCC1.O=C(O)c1ncc(Br)cc1N1CCOCC1. The Bertz CT molecular complexity index is 2110. The molecule has 0 aromatic carbocycles. The molecule has 3 saturated heterocycles. The zero-order chi connectivity index (χ0) is 42.0. The molecule has 4 aromatic rings. The molecule has 4 aromatic heterocycles. The van der Waals surface area contributed by atoms with Crippen LogP contribution in [0.15, 0.2) is 66.9 Å². The Balaban J connectivity index is 0.000000174. The van der Waals surface area contributed by atoms with Gasteiger partial charge in [0.15, 0.2) is 28.6 Å². The van der Waals surface area contributed by atoms with Gasteiger partial charge in [-0.15, -0.1) is 0 Å². The highest BCUT2D eigenvalue weighted by molar-refractivity contribution is 9.11. The smallest absolute Gasteiger partial charge is 0.356 e. The molecule has 306 valence electrons. The Morgan fingerprint density at radius 1 is 0.638 bits per heavy atom. The number of amides is 1. The molecule has 16 nitrogen and oxygen atoms in total. The van der Waals surface area contributed by atoms with Crippen LogP contribution in [-0.2, 0) is 14.2 Å². The number of hydrogen-bond acceptors (Lipinski definition) is 14. The third kappa shape index (κ3) is 13.9. The van der Waals surface area contributed by atoms with Crippen LogP contribution in [0.25, 0.3) is 0 Å². The molecular formula is C37H37Br4FN10O6. The van der Waals surface area contributed by atoms with Gasteiger partial charge >= 0.3 is 5.97 Å². The topological polar surface area (TPSA) is 203 Å². The number of carboxylic acid groups (broad SMARTS) is 1. The Hall–Kier alpha value is -4.35. The zero-order valence-corrected chi connectivity index (χ0v) is 37.4. The van der Waals surface area contributed by atoms with Crippen LogP contribution in [-0.4, -0.2) is 123 Å². The van der Waals surface area contributed by atoms with Gasteiger partial charge in [-0.25, -0.2) is 29.1 Å². The van der Waals surface area contributed by atoms with Gasteiger partial charge in [-0.1, -0.05) is 0 Å². The molecule has 0 radical (unpaired) electrons. The monoisotopic (exact) mass is 1050 g/mol. The van der Waals surface area contributed by atoms with Gasteiger partial charge in [0, 0.05) is 89.0 Å². The van der Waals surface area contributed by atoms with E-state index in [0.29, 0.717) is 74.3 Å². The molecule has 7 heterocycles. The van der Waals surface area contributed by atoms with E-state index in [9.17, 15) is 14.0 Å². The van der Waals surface area contributed by atoms with Crippen molar-refractivity contribution in [2.75, 3.05) is 101 Å². The molecule has 3 aliphatic rings. The van der Waals surface area contributed by atoms with Crippen molar-refractivity contribution >= 4 is 92.7 Å². The number of nitrogens with one attached hydrogen (secondary N) is 1. The second kappa shape index (κ2) is 23.9. The van der Waals surface area contributed by atoms with E-state index in [1.54, 1.807) is 31.6 Å². The van der Waals surface area contributed by atoms with Crippen molar-refractivity contribution in [1.82, 2.24) is 25.3 Å². The van der Waals surface area contributed by atoms with Gasteiger partial charge in [-0.3, -0.25) is 4.79 Å². The number of halogens is 5. The van der Waals surface area contributed by atoms with Crippen molar-refractivity contribution in [2.45, 2.75) is 0 Å². The van der Waals surface area contributed by atoms with Gasteiger partial charge in [0.1, 0.15) is 12.1 Å². The number of carbonyl (C=O) groups is 2. The lowest BCUT2D eigenvalue weighted by atomic mass is 10.2. The number of aromatic nitrogens is 4. The van der Waals surface area contributed by atoms with E-state index in [0.717, 1.165) is 51.0 Å². The van der Waals surface area contributed by atoms with E-state index >= 15 is 0 Å². The summed E-state index contributed by atoms with van der Waals surface area (Å²) in [6, 6.07) is 10.5. The summed E-state index contributed by atoms with van der Waals surface area (Å²) >= 11 is 13.1. The standard InChI is InChI=1S/C11H14BrN3O2.C10H10BrN3O.C10H11BrN2O3.C6H2BrFN2/c1-13-11(16)10-9(6-8(12)7-14-10)15-2-4-17-5-3-15;11-8-5-10(9(6-12)13-7-8)14-1-3-15-4-2-14;11-7-5-8(9(10(14)15)12-6-7)13-1-3-16-4-2-13;7-4-1-5(8)6(2-9)10-3-4/h6-7H,2-5H2,1H3,(H,13,16);5,7H,1-4H2;5-6H,1-4H2,(H,14,15);1,3H. The number of aromatic carboxylic acids is 1. The molecule has 0 spiro atoms. The second-order valence-electron chi connectivity index (χ2n) is 12.0. The van der Waals surface area contributed by atoms with Crippen LogP contribution in [0.1, 0.15) is 32.4 Å². The maximum absolute atomic E-state index is 12.5. The summed E-state index contributed by atoms with van der Waals surface area (Å²) in [7, 11) is 1.61. The van der Waals surface area contributed by atoms with E-state index in [-0.39, 0.29) is 17.3 Å². The third-order valence-electron chi connectivity index (χ3n) is 8.22. The van der Waals surface area contributed by atoms with Crippen LogP contribution < -0.4 is 20.0 Å². The lowest BCUT2D eigenvalue weighted by Crippen LogP contribution is -2.38. The molecule has 0 saturated carbocycles. The van der Waals surface area contributed by atoms with Gasteiger partial charge < -0.3 is 39.3 Å². The summed E-state index contributed by atoms with van der Waals surface area (Å²) in [6.07, 6.45) is 6.14. The highest BCUT2D eigenvalue weighted by atomic mass is 79.9. The van der Waals surface area contributed by atoms with E-state index in [1.165, 1.54) is 18.5 Å². The Morgan fingerprint density at radius 3 is 1.41 bits per heavy atom. The molecule has 7 rings (SSSR count). The van der Waals surface area contributed by atoms with E-state index < -0.39 is 11.8 Å². The van der Waals surface area contributed by atoms with Gasteiger partial charge in [0.05, 0.1) is 56.7 Å². The highest BCUT2D eigenvalue weighted by Crippen LogP contribution is 2.26. The first-order valence-corrected chi connectivity index (χ1v) is 20.6. The van der Waals surface area contributed by atoms with Gasteiger partial charge in [0.2, 0.25) is 0 Å². The van der Waals surface area contributed by atoms with Crippen LogP contribution in [0, 0.1) is 28.5 Å². The predicted molar refractivity (Wildman–Crippen MR) is 227 cm³/mol. The van der Waals surface area contributed by atoms with Crippen LogP contribution in [0.3, 0.4) is 0 Å². The van der Waals surface area contributed by atoms with E-state index in [4.69, 9.17) is 29.8 Å². The van der Waals surface area contributed by atoms with Crippen LogP contribution in [0.2, 0.25) is 0 Å². The summed E-state index contributed by atoms with van der Waals surface area (Å²) in [4.78, 5) is 44.7. The molecule has 2 N–H and O–H groups in total. The lowest BCUT2D eigenvalue weighted by Gasteiger charge is -2.29. The number of ether oxygens (including phenoxy) is 3. The first-order valence-electron chi connectivity index (χ1n) is 17.5. The molecular weight excluding hydrogens is 1020 g/mol. The van der Waals surface area contributed by atoms with Crippen LogP contribution in [0.5, 0.6) is 0 Å². The van der Waals surface area contributed by atoms with E-state index in [1.807, 2.05) is 17.0 Å². The van der Waals surface area contributed by atoms with Crippen molar-refractivity contribution < 1.29 is 33.3 Å². The summed E-state index contributed by atoms with van der Waals surface area (Å²) in [5.41, 5.74) is 3.22. The Labute approximate surface area is 367 Å². The van der Waals surface area contributed by atoms with Crippen molar-refractivity contribution in [3.05, 3.63) is 95.5 Å². The number of morpholine rings is 3. The molecule has 0 atom stereocenters. The van der Waals surface area contributed by atoms with E-state index in [2.05, 4.69) is 105 Å². The maximum Gasteiger partial charge on any atom is 0.356 e. The van der Waals surface area contributed by atoms with Crippen molar-refractivity contribution in [3.8, 4) is 12.1 Å². The maximum atomic E-state index is 12.5. The summed E-state index contributed by atoms with van der Waals surface area (Å²) < 4.78 is 31.4. The fourth-order valence-electron chi connectivity index (χ4n) is 5.46. The largest absolute Gasteiger partial charge is 0.476 e. The first kappa shape index (κ1) is 46.3. The number of pyridine rings is 4. The number of carbonyl (C=O) groups excluding carboxylic acids is 1. The highest BCUT2D eigenvalue weighted by Gasteiger charge is 2.21. The fourth-order valence-corrected chi connectivity index (χ4v) is 6.72. The van der Waals surface area contributed by atoms with Gasteiger partial charge in [-0.2, -0.15) is 10.5 Å². The third-order valence-corrected chi connectivity index (χ3v) is 9.96. The number of nitrogens with zero attached hydrogens (tertiary/aromatic N) is 9. The average molecular weight is 1060 g/mol. The summed E-state index contributed by atoms with van der Waals surface area (Å²) in [5, 5.41) is 28.9. The molecule has 21 heteroatoms. The normalized spacial score (nSPS) is 14.8. The molecule has 58 heavy (non-hydrogen) atoms. The lowest BCUT2D eigenvalue weighted by molar-refractivity contribution is 0.0689. The average Bonchev–Trinajstić information content (AvgIpc) is 3.25. The minimum atomic E-state index is -1.01.